The minimum Gasteiger partial charge on any atom is -0.419 e. The van der Waals surface area contributed by atoms with Crippen LogP contribution in [0.3, 0.4) is 0 Å². The molecule has 2 heterocycles. The maximum absolute atomic E-state index is 6.08. The summed E-state index contributed by atoms with van der Waals surface area (Å²) < 4.78 is 10.5. The molecule has 7 heteroatoms. The number of nitrogens with one attached hydrogen (secondary N) is 1. The number of rotatable bonds is 4. The van der Waals surface area contributed by atoms with Gasteiger partial charge in [0.25, 0.3) is 0 Å². The van der Waals surface area contributed by atoms with Crippen LogP contribution in [0.5, 0.6) is 0 Å². The van der Waals surface area contributed by atoms with Crippen molar-refractivity contribution in [2.75, 3.05) is 5.32 Å². The number of hydrogen-bond donors (Lipinski definition) is 1. The summed E-state index contributed by atoms with van der Waals surface area (Å²) in [5, 5.41) is 15.4. The lowest BCUT2D eigenvalue weighted by Crippen LogP contribution is -1.99. The molecule has 1 N–H and O–H groups in total. The van der Waals surface area contributed by atoms with Gasteiger partial charge in [-0.3, -0.25) is 0 Å². The van der Waals surface area contributed by atoms with E-state index in [4.69, 9.17) is 20.5 Å². The predicted octanol–water partition coefficient (Wildman–Crippen LogP) is 3.30. The molecule has 1 aromatic carbocycles. The van der Waals surface area contributed by atoms with Crippen molar-refractivity contribution >= 4 is 17.4 Å². The van der Waals surface area contributed by atoms with Crippen LogP contribution in [-0.4, -0.2) is 15.4 Å². The first-order chi connectivity index (χ1) is 9.72. The van der Waals surface area contributed by atoms with E-state index in [1.54, 1.807) is 12.1 Å². The molecule has 0 aliphatic heterocycles. The van der Waals surface area contributed by atoms with Crippen molar-refractivity contribution in [1.82, 2.24) is 15.4 Å². The van der Waals surface area contributed by atoms with Gasteiger partial charge in [0.05, 0.1) is 17.1 Å². The maximum Gasteiger partial charge on any atom is 0.249 e. The molecule has 0 aliphatic carbocycles. The van der Waals surface area contributed by atoms with Crippen LogP contribution < -0.4 is 5.32 Å². The molecule has 0 atom stereocenters. The fourth-order valence-electron chi connectivity index (χ4n) is 1.68. The summed E-state index contributed by atoms with van der Waals surface area (Å²) in [5.41, 5.74) is 0.713. The van der Waals surface area contributed by atoms with E-state index in [0.29, 0.717) is 34.7 Å². The summed E-state index contributed by atoms with van der Waals surface area (Å²) in [6, 6.07) is 9.09. The van der Waals surface area contributed by atoms with Gasteiger partial charge in [-0.2, -0.15) is 0 Å². The lowest BCUT2D eigenvalue weighted by Gasteiger charge is -1.98. The first-order valence-corrected chi connectivity index (χ1v) is 6.34. The topological polar surface area (TPSA) is 77.0 Å². The third kappa shape index (κ3) is 2.65. The summed E-state index contributed by atoms with van der Waals surface area (Å²) in [5.74, 6) is 2.19. The Balaban J connectivity index is 1.72. The molecule has 6 nitrogen and oxygen atoms in total. The van der Waals surface area contributed by atoms with Gasteiger partial charge < -0.3 is 14.3 Å². The summed E-state index contributed by atoms with van der Waals surface area (Å²) >= 11 is 6.08. The fraction of sp³-hybridized carbons (Fsp3) is 0.154. The zero-order valence-corrected chi connectivity index (χ0v) is 11.4. The summed E-state index contributed by atoms with van der Waals surface area (Å²) in [6.45, 7) is 2.18. The average Bonchev–Trinajstić information content (AvgIpc) is 3.06. The SMILES string of the molecule is Cc1cc(NCc2nnc(-c3ccccc3Cl)o2)no1. The third-order valence-electron chi connectivity index (χ3n) is 2.62. The van der Waals surface area contributed by atoms with Crippen LogP contribution in [0.15, 0.2) is 39.3 Å². The Labute approximate surface area is 119 Å². The van der Waals surface area contributed by atoms with Crippen LogP contribution in [0.4, 0.5) is 5.82 Å². The standard InChI is InChI=1S/C13H11ClN4O2/c1-8-6-11(18-20-8)15-7-12-16-17-13(19-12)9-4-2-3-5-10(9)14/h2-6H,7H2,1H3,(H,15,18). The molecule has 102 valence electrons. The van der Waals surface area contributed by atoms with Gasteiger partial charge >= 0.3 is 0 Å². The van der Waals surface area contributed by atoms with E-state index >= 15 is 0 Å². The molecule has 0 saturated heterocycles. The zero-order valence-electron chi connectivity index (χ0n) is 10.6. The monoisotopic (exact) mass is 290 g/mol. The van der Waals surface area contributed by atoms with Gasteiger partial charge in [0.2, 0.25) is 11.8 Å². The van der Waals surface area contributed by atoms with Crippen molar-refractivity contribution < 1.29 is 8.94 Å². The number of aryl methyl sites for hydroxylation is 1. The van der Waals surface area contributed by atoms with Crippen LogP contribution in [0, 0.1) is 6.92 Å². The minimum absolute atomic E-state index is 0.365. The molecule has 0 unspecified atom stereocenters. The van der Waals surface area contributed by atoms with Crippen LogP contribution in [0.1, 0.15) is 11.7 Å². The first-order valence-electron chi connectivity index (χ1n) is 5.97. The Morgan fingerprint density at radius 2 is 2.10 bits per heavy atom. The van der Waals surface area contributed by atoms with Crippen LogP contribution in [0.25, 0.3) is 11.5 Å². The van der Waals surface area contributed by atoms with E-state index in [1.165, 1.54) is 0 Å². The number of nitrogens with zero attached hydrogens (tertiary/aromatic N) is 3. The van der Waals surface area contributed by atoms with Crippen molar-refractivity contribution in [1.29, 1.82) is 0 Å². The molecule has 3 rings (SSSR count). The summed E-state index contributed by atoms with van der Waals surface area (Å²) in [4.78, 5) is 0. The van der Waals surface area contributed by atoms with Crippen molar-refractivity contribution in [3.63, 3.8) is 0 Å². The first kappa shape index (κ1) is 12.7. The van der Waals surface area contributed by atoms with E-state index in [9.17, 15) is 0 Å². The highest BCUT2D eigenvalue weighted by Crippen LogP contribution is 2.26. The largest absolute Gasteiger partial charge is 0.419 e. The van der Waals surface area contributed by atoms with Crippen molar-refractivity contribution in [3.05, 3.63) is 47.0 Å². The Hall–Kier alpha value is -2.34. The fourth-order valence-corrected chi connectivity index (χ4v) is 1.90. The number of aromatic nitrogens is 3. The molecule has 0 bridgehead atoms. The van der Waals surface area contributed by atoms with Crippen molar-refractivity contribution in [2.45, 2.75) is 13.5 Å². The Bertz CT molecular complexity index is 722. The van der Waals surface area contributed by atoms with E-state index in [0.717, 1.165) is 5.76 Å². The lowest BCUT2D eigenvalue weighted by atomic mass is 10.2. The second-order valence-electron chi connectivity index (χ2n) is 4.16. The van der Waals surface area contributed by atoms with Gasteiger partial charge in [0.15, 0.2) is 5.82 Å². The quantitative estimate of drug-likeness (QED) is 0.794. The van der Waals surface area contributed by atoms with Gasteiger partial charge in [-0.15, -0.1) is 10.2 Å². The van der Waals surface area contributed by atoms with Gasteiger partial charge in [-0.1, -0.05) is 28.9 Å². The van der Waals surface area contributed by atoms with Crippen molar-refractivity contribution in [3.8, 4) is 11.5 Å². The van der Waals surface area contributed by atoms with E-state index in [-0.39, 0.29) is 0 Å². The average molecular weight is 291 g/mol. The molecule has 0 amide bonds. The molecule has 3 aromatic rings. The van der Waals surface area contributed by atoms with E-state index in [2.05, 4.69) is 20.7 Å². The second kappa shape index (κ2) is 5.34. The molecule has 0 saturated carbocycles. The van der Waals surface area contributed by atoms with Crippen LogP contribution in [-0.2, 0) is 6.54 Å². The third-order valence-corrected chi connectivity index (χ3v) is 2.95. The highest BCUT2D eigenvalue weighted by Gasteiger charge is 2.11. The summed E-state index contributed by atoms with van der Waals surface area (Å²) in [6.07, 6.45) is 0. The molecule has 2 aromatic heterocycles. The highest BCUT2D eigenvalue weighted by atomic mass is 35.5. The van der Waals surface area contributed by atoms with Crippen LogP contribution in [0.2, 0.25) is 5.02 Å². The molecule has 0 aliphatic rings. The zero-order chi connectivity index (χ0) is 13.9. The normalized spacial score (nSPS) is 10.7. The molecule has 0 spiro atoms. The molecule has 0 fully saturated rings. The number of benzene rings is 1. The molecule has 0 radical (unpaired) electrons. The number of anilines is 1. The van der Waals surface area contributed by atoms with Crippen molar-refractivity contribution in [2.24, 2.45) is 0 Å². The molecular weight excluding hydrogens is 280 g/mol. The van der Waals surface area contributed by atoms with Gasteiger partial charge in [-0.05, 0) is 19.1 Å². The van der Waals surface area contributed by atoms with Gasteiger partial charge in [0.1, 0.15) is 5.76 Å². The molecular formula is C13H11ClN4O2. The maximum atomic E-state index is 6.08. The van der Waals surface area contributed by atoms with Crippen LogP contribution >= 0.6 is 11.6 Å². The van der Waals surface area contributed by atoms with E-state index in [1.807, 2.05) is 25.1 Å². The Kier molecular flexibility index (Phi) is 3.39. The van der Waals surface area contributed by atoms with Gasteiger partial charge in [0, 0.05) is 6.07 Å². The smallest absolute Gasteiger partial charge is 0.249 e. The second-order valence-corrected chi connectivity index (χ2v) is 4.56. The minimum atomic E-state index is 0.365. The predicted molar refractivity (Wildman–Crippen MR) is 73.3 cm³/mol. The number of hydrogen-bond acceptors (Lipinski definition) is 6. The molecule has 20 heavy (non-hydrogen) atoms. The Morgan fingerprint density at radius 1 is 1.25 bits per heavy atom. The van der Waals surface area contributed by atoms with E-state index < -0.39 is 0 Å². The summed E-state index contributed by atoms with van der Waals surface area (Å²) in [7, 11) is 0. The Morgan fingerprint density at radius 3 is 2.85 bits per heavy atom. The highest BCUT2D eigenvalue weighted by molar-refractivity contribution is 6.33. The van der Waals surface area contributed by atoms with Gasteiger partial charge in [-0.25, -0.2) is 0 Å². The lowest BCUT2D eigenvalue weighted by molar-refractivity contribution is 0.399. The number of halogens is 1.